The molecule has 1 saturated heterocycles. The van der Waals surface area contributed by atoms with Crippen LogP contribution in [0.4, 0.5) is 24.7 Å². The first-order chi connectivity index (χ1) is 10.6. The molecule has 20 heavy (non-hydrogen) atoms. The van der Waals surface area contributed by atoms with Crippen molar-refractivity contribution >= 4 is 17.4 Å². The Balaban J connectivity index is 2.18. The minimum atomic E-state index is -4.67. The normalized spacial score (nSPS) is 25.4. The van der Waals surface area contributed by atoms with E-state index in [2.05, 4.69) is 10.3 Å². The van der Waals surface area contributed by atoms with Gasteiger partial charge < -0.3 is 15.1 Å². The van der Waals surface area contributed by atoms with Gasteiger partial charge in [0.25, 0.3) is 5.91 Å². The number of anilines is 2. The molecule has 1 atom stereocenters. The minimum absolute atomic E-state index is 0.0835. The fourth-order valence-corrected chi connectivity index (χ4v) is 2.43. The van der Waals surface area contributed by atoms with E-state index in [1.54, 1.807) is 4.90 Å². The van der Waals surface area contributed by atoms with Crippen LogP contribution >= 0.6 is 0 Å². The standard InChI is InChI=1S/C12H13F3N4O/c1-18-8-4-7(12(13,14)15)5-17-10(8)19-3-2-16-6-9(19)11(18)20/h4-5,9,16H,2-3,6H2,1H3/t9-/m0/s1/i1D3. The Hall–Kier alpha value is -1.83. The van der Waals surface area contributed by atoms with E-state index < -0.39 is 30.7 Å². The van der Waals surface area contributed by atoms with Crippen LogP contribution in [0.25, 0.3) is 0 Å². The molecule has 8 heteroatoms. The Kier molecular flexibility index (Phi) is 2.16. The Bertz CT molecular complexity index is 649. The maximum absolute atomic E-state index is 12.9. The van der Waals surface area contributed by atoms with Crippen molar-refractivity contribution in [2.45, 2.75) is 12.2 Å². The van der Waals surface area contributed by atoms with Crippen LogP contribution in [-0.2, 0) is 11.0 Å². The monoisotopic (exact) mass is 289 g/mol. The van der Waals surface area contributed by atoms with Gasteiger partial charge >= 0.3 is 6.18 Å². The van der Waals surface area contributed by atoms with Gasteiger partial charge in [0.15, 0.2) is 5.82 Å². The highest BCUT2D eigenvalue weighted by Crippen LogP contribution is 2.38. The van der Waals surface area contributed by atoms with E-state index in [0.717, 1.165) is 0 Å². The number of piperazine rings is 1. The fraction of sp³-hybridized carbons (Fsp3) is 0.500. The summed E-state index contributed by atoms with van der Waals surface area (Å²) in [5.74, 6) is -0.675. The largest absolute Gasteiger partial charge is 0.417 e. The number of carbonyl (C=O) groups excluding carboxylic acids is 1. The molecule has 108 valence electrons. The zero-order chi connectivity index (χ0) is 17.0. The molecule has 0 aliphatic carbocycles. The Labute approximate surface area is 117 Å². The van der Waals surface area contributed by atoms with Gasteiger partial charge in [-0.15, -0.1) is 0 Å². The predicted molar refractivity (Wildman–Crippen MR) is 66.7 cm³/mol. The molecule has 0 radical (unpaired) electrons. The minimum Gasteiger partial charge on any atom is -0.340 e. The van der Waals surface area contributed by atoms with Crippen molar-refractivity contribution < 1.29 is 22.1 Å². The van der Waals surface area contributed by atoms with Crippen LogP contribution in [0.3, 0.4) is 0 Å². The summed E-state index contributed by atoms with van der Waals surface area (Å²) in [5, 5.41) is 2.97. The lowest BCUT2D eigenvalue weighted by atomic mass is 10.1. The third-order valence-electron chi connectivity index (χ3n) is 3.44. The lowest BCUT2D eigenvalue weighted by Gasteiger charge is -2.43. The zero-order valence-electron chi connectivity index (χ0n) is 13.2. The van der Waals surface area contributed by atoms with Gasteiger partial charge in [-0.05, 0) is 6.07 Å². The van der Waals surface area contributed by atoms with E-state index in [1.165, 1.54) is 0 Å². The number of alkyl halides is 3. The van der Waals surface area contributed by atoms with E-state index >= 15 is 0 Å². The van der Waals surface area contributed by atoms with Crippen molar-refractivity contribution in [1.29, 1.82) is 0 Å². The molecule has 1 amide bonds. The van der Waals surface area contributed by atoms with Gasteiger partial charge in [-0.2, -0.15) is 13.2 Å². The first-order valence-electron chi connectivity index (χ1n) is 7.49. The van der Waals surface area contributed by atoms with Crippen molar-refractivity contribution in [1.82, 2.24) is 10.3 Å². The van der Waals surface area contributed by atoms with Gasteiger partial charge in [-0.1, -0.05) is 0 Å². The summed E-state index contributed by atoms with van der Waals surface area (Å²) in [5.41, 5.74) is -1.42. The molecule has 3 heterocycles. The quantitative estimate of drug-likeness (QED) is 0.769. The number of likely N-dealkylation sites (N-methyl/N-ethyl adjacent to an activating group) is 1. The maximum atomic E-state index is 12.9. The van der Waals surface area contributed by atoms with Crippen LogP contribution in [-0.4, -0.2) is 43.5 Å². The number of fused-ring (bicyclic) bond motifs is 3. The van der Waals surface area contributed by atoms with Crippen LogP contribution < -0.4 is 15.1 Å². The second-order valence-electron chi connectivity index (χ2n) is 4.65. The summed E-state index contributed by atoms with van der Waals surface area (Å²) >= 11 is 0. The summed E-state index contributed by atoms with van der Waals surface area (Å²) in [4.78, 5) is 18.3. The van der Waals surface area contributed by atoms with Crippen LogP contribution in [0.5, 0.6) is 0 Å². The Morgan fingerprint density at radius 2 is 2.35 bits per heavy atom. The van der Waals surface area contributed by atoms with Gasteiger partial charge in [-0.3, -0.25) is 4.79 Å². The summed E-state index contributed by atoms with van der Waals surface area (Å²) < 4.78 is 61.2. The first kappa shape index (κ1) is 9.98. The fourth-order valence-electron chi connectivity index (χ4n) is 2.43. The molecule has 5 nitrogen and oxygen atoms in total. The number of aromatic nitrogens is 1. The molecular weight excluding hydrogens is 273 g/mol. The molecule has 1 N–H and O–H groups in total. The van der Waals surface area contributed by atoms with Crippen molar-refractivity contribution in [2.24, 2.45) is 0 Å². The van der Waals surface area contributed by atoms with Gasteiger partial charge in [0.2, 0.25) is 0 Å². The number of pyridine rings is 1. The van der Waals surface area contributed by atoms with Crippen LogP contribution in [0.1, 0.15) is 9.68 Å². The van der Waals surface area contributed by atoms with Gasteiger partial charge in [0, 0.05) is 36.9 Å². The molecule has 2 aliphatic heterocycles. The number of halogens is 3. The summed E-state index contributed by atoms with van der Waals surface area (Å²) in [6.07, 6.45) is -4.02. The van der Waals surface area contributed by atoms with E-state index in [0.29, 0.717) is 30.3 Å². The molecule has 1 aromatic heterocycles. The summed E-state index contributed by atoms with van der Waals surface area (Å²) in [6, 6.07) is -0.119. The van der Waals surface area contributed by atoms with Crippen LogP contribution in [0.15, 0.2) is 12.3 Å². The Morgan fingerprint density at radius 3 is 3.05 bits per heavy atom. The molecule has 1 aromatic rings. The molecule has 0 unspecified atom stereocenters. The zero-order valence-corrected chi connectivity index (χ0v) is 10.2. The van der Waals surface area contributed by atoms with Crippen molar-refractivity contribution in [2.75, 3.05) is 36.4 Å². The molecule has 0 bridgehead atoms. The van der Waals surface area contributed by atoms with Gasteiger partial charge in [0.05, 0.1) is 11.3 Å². The third kappa shape index (κ3) is 1.91. The summed E-state index contributed by atoms with van der Waals surface area (Å²) in [6.45, 7) is -1.79. The smallest absolute Gasteiger partial charge is 0.340 e. The number of hydrogen-bond donors (Lipinski definition) is 1. The SMILES string of the molecule is [2H]C([2H])([2H])N1C(=O)[C@@H]2CNCCN2c2ncc(C(F)(F)F)cc21. The number of hydrogen-bond acceptors (Lipinski definition) is 4. The average Bonchev–Trinajstić information content (AvgIpc) is 2.45. The third-order valence-corrected chi connectivity index (χ3v) is 3.44. The maximum Gasteiger partial charge on any atom is 0.417 e. The van der Waals surface area contributed by atoms with Crippen molar-refractivity contribution in [3.8, 4) is 0 Å². The van der Waals surface area contributed by atoms with E-state index in [1.807, 2.05) is 0 Å². The number of carbonyl (C=O) groups is 1. The molecule has 0 saturated carbocycles. The first-order valence-corrected chi connectivity index (χ1v) is 5.99. The molecule has 1 fully saturated rings. The average molecular weight is 289 g/mol. The van der Waals surface area contributed by atoms with Gasteiger partial charge in [-0.25, -0.2) is 4.98 Å². The molecule has 3 rings (SSSR count). The van der Waals surface area contributed by atoms with E-state index in [4.69, 9.17) is 4.11 Å². The number of nitrogens with one attached hydrogen (secondary N) is 1. The van der Waals surface area contributed by atoms with Crippen LogP contribution in [0, 0.1) is 0 Å². The highest BCUT2D eigenvalue weighted by atomic mass is 19.4. The number of rotatable bonds is 0. The number of nitrogens with zero attached hydrogens (tertiary/aromatic N) is 3. The van der Waals surface area contributed by atoms with Gasteiger partial charge in [0.1, 0.15) is 6.04 Å². The highest BCUT2D eigenvalue weighted by molar-refractivity contribution is 6.04. The van der Waals surface area contributed by atoms with E-state index in [-0.39, 0.29) is 18.1 Å². The predicted octanol–water partition coefficient (Wildman–Crippen LogP) is 0.855. The lowest BCUT2D eigenvalue weighted by molar-refractivity contribution is -0.137. The van der Waals surface area contributed by atoms with Crippen molar-refractivity contribution in [3.05, 3.63) is 17.8 Å². The molecule has 2 aliphatic rings. The van der Waals surface area contributed by atoms with Crippen molar-refractivity contribution in [3.63, 3.8) is 0 Å². The Morgan fingerprint density at radius 1 is 1.55 bits per heavy atom. The highest BCUT2D eigenvalue weighted by Gasteiger charge is 2.40. The summed E-state index contributed by atoms with van der Waals surface area (Å²) in [7, 11) is 0. The van der Waals surface area contributed by atoms with E-state index in [9.17, 15) is 18.0 Å². The second kappa shape index (κ2) is 4.34. The lowest BCUT2D eigenvalue weighted by Crippen LogP contribution is -2.61. The topological polar surface area (TPSA) is 48.5 Å². The molecule has 0 spiro atoms. The second-order valence-corrected chi connectivity index (χ2v) is 4.65. The molecule has 0 aromatic carbocycles. The number of amides is 1. The van der Waals surface area contributed by atoms with Crippen LogP contribution in [0.2, 0.25) is 0 Å². The molecular formula is C12H13F3N4O.